The molecule has 0 saturated heterocycles. The van der Waals surface area contributed by atoms with Crippen molar-refractivity contribution in [2.24, 2.45) is 5.73 Å². The average Bonchev–Trinajstić information content (AvgIpc) is 2.53. The molecular formula is C19H25N3O. The maximum absolute atomic E-state index is 11.7. The maximum Gasteiger partial charge on any atom is 0.236 e. The summed E-state index contributed by atoms with van der Waals surface area (Å²) in [7, 11) is 4.12. The van der Waals surface area contributed by atoms with Gasteiger partial charge >= 0.3 is 0 Å². The van der Waals surface area contributed by atoms with E-state index in [2.05, 4.69) is 54.6 Å². The second-order valence-corrected chi connectivity index (χ2v) is 6.10. The first-order valence-electron chi connectivity index (χ1n) is 7.82. The van der Waals surface area contributed by atoms with E-state index < -0.39 is 6.04 Å². The van der Waals surface area contributed by atoms with Gasteiger partial charge in [-0.1, -0.05) is 48.5 Å². The summed E-state index contributed by atoms with van der Waals surface area (Å²) in [4.78, 5) is 13.8. The Bertz CT molecular complexity index is 648. The molecule has 2 rings (SSSR count). The minimum atomic E-state index is -0.493. The van der Waals surface area contributed by atoms with E-state index in [1.807, 2.05) is 18.2 Å². The summed E-state index contributed by atoms with van der Waals surface area (Å²) in [5, 5.41) is 2.88. The van der Waals surface area contributed by atoms with Crippen molar-refractivity contribution in [2.45, 2.75) is 26.1 Å². The molecule has 0 aromatic heterocycles. The quantitative estimate of drug-likeness (QED) is 0.861. The first-order chi connectivity index (χ1) is 11.0. The number of amides is 1. The zero-order chi connectivity index (χ0) is 16.8. The third kappa shape index (κ3) is 4.91. The van der Waals surface area contributed by atoms with Crippen LogP contribution in [0.5, 0.6) is 0 Å². The molecule has 0 aliphatic rings. The van der Waals surface area contributed by atoms with Crippen molar-refractivity contribution in [2.75, 3.05) is 14.1 Å². The van der Waals surface area contributed by atoms with Crippen molar-refractivity contribution in [3.63, 3.8) is 0 Å². The van der Waals surface area contributed by atoms with Crippen LogP contribution < -0.4 is 11.1 Å². The van der Waals surface area contributed by atoms with Crippen LogP contribution in [0.1, 0.15) is 18.1 Å². The van der Waals surface area contributed by atoms with Gasteiger partial charge in [0.05, 0.1) is 6.04 Å². The molecule has 2 aromatic carbocycles. The van der Waals surface area contributed by atoms with Crippen molar-refractivity contribution < 1.29 is 4.79 Å². The van der Waals surface area contributed by atoms with Gasteiger partial charge in [-0.15, -0.1) is 0 Å². The number of nitrogens with zero attached hydrogens (tertiary/aromatic N) is 1. The van der Waals surface area contributed by atoms with Crippen LogP contribution in [0.25, 0.3) is 11.1 Å². The van der Waals surface area contributed by atoms with Gasteiger partial charge in [0.2, 0.25) is 5.91 Å². The summed E-state index contributed by atoms with van der Waals surface area (Å²) in [5.41, 5.74) is 10.2. The van der Waals surface area contributed by atoms with Crippen molar-refractivity contribution in [3.05, 3.63) is 59.7 Å². The van der Waals surface area contributed by atoms with Gasteiger partial charge in [-0.2, -0.15) is 0 Å². The van der Waals surface area contributed by atoms with Gasteiger partial charge in [-0.3, -0.25) is 4.79 Å². The highest BCUT2D eigenvalue weighted by atomic mass is 16.2. The third-order valence-electron chi connectivity index (χ3n) is 3.65. The SMILES string of the molecule is CC(N)C(=O)NCc1ccccc1-c1ccc(CN(C)C)cc1. The van der Waals surface area contributed by atoms with E-state index >= 15 is 0 Å². The summed E-state index contributed by atoms with van der Waals surface area (Å²) in [5.74, 6) is -0.138. The van der Waals surface area contributed by atoms with Crippen LogP contribution in [-0.4, -0.2) is 30.9 Å². The molecule has 0 aliphatic carbocycles. The van der Waals surface area contributed by atoms with Gasteiger partial charge < -0.3 is 16.0 Å². The summed E-state index contributed by atoms with van der Waals surface area (Å²) in [6.45, 7) is 3.09. The molecule has 3 N–H and O–H groups in total. The van der Waals surface area contributed by atoms with Gasteiger partial charge in [0.15, 0.2) is 0 Å². The predicted octanol–water partition coefficient (Wildman–Crippen LogP) is 2.38. The minimum absolute atomic E-state index is 0.138. The molecule has 0 heterocycles. The van der Waals surface area contributed by atoms with Crippen molar-refractivity contribution in [3.8, 4) is 11.1 Å². The van der Waals surface area contributed by atoms with Crippen molar-refractivity contribution >= 4 is 5.91 Å². The number of rotatable bonds is 6. The van der Waals surface area contributed by atoms with E-state index in [9.17, 15) is 4.79 Å². The van der Waals surface area contributed by atoms with Crippen LogP contribution in [0.4, 0.5) is 0 Å². The lowest BCUT2D eigenvalue weighted by Crippen LogP contribution is -2.37. The van der Waals surface area contributed by atoms with Crippen LogP contribution in [-0.2, 0) is 17.9 Å². The molecule has 0 spiro atoms. The van der Waals surface area contributed by atoms with Gasteiger partial charge in [-0.05, 0) is 43.3 Å². The molecular weight excluding hydrogens is 286 g/mol. The molecule has 23 heavy (non-hydrogen) atoms. The van der Waals surface area contributed by atoms with Gasteiger partial charge in [-0.25, -0.2) is 0 Å². The van der Waals surface area contributed by atoms with E-state index in [0.29, 0.717) is 6.54 Å². The molecule has 4 nitrogen and oxygen atoms in total. The minimum Gasteiger partial charge on any atom is -0.351 e. The molecule has 1 amide bonds. The Kier molecular flexibility index (Phi) is 5.90. The molecule has 0 fully saturated rings. The van der Waals surface area contributed by atoms with Crippen LogP contribution in [0.15, 0.2) is 48.5 Å². The van der Waals surface area contributed by atoms with Crippen LogP contribution in [0.2, 0.25) is 0 Å². The summed E-state index contributed by atoms with van der Waals surface area (Å²) in [6.07, 6.45) is 0. The summed E-state index contributed by atoms with van der Waals surface area (Å²) < 4.78 is 0. The lowest BCUT2D eigenvalue weighted by Gasteiger charge is -2.13. The number of nitrogens with one attached hydrogen (secondary N) is 1. The monoisotopic (exact) mass is 311 g/mol. The Morgan fingerprint density at radius 1 is 1.13 bits per heavy atom. The van der Waals surface area contributed by atoms with Crippen LogP contribution >= 0.6 is 0 Å². The smallest absolute Gasteiger partial charge is 0.236 e. The van der Waals surface area contributed by atoms with Gasteiger partial charge in [0.25, 0.3) is 0 Å². The number of carbonyl (C=O) groups is 1. The molecule has 0 bridgehead atoms. The fourth-order valence-corrected chi connectivity index (χ4v) is 2.45. The molecule has 122 valence electrons. The number of benzene rings is 2. The lowest BCUT2D eigenvalue weighted by molar-refractivity contribution is -0.122. The van der Waals surface area contributed by atoms with E-state index in [1.165, 1.54) is 5.56 Å². The highest BCUT2D eigenvalue weighted by Crippen LogP contribution is 2.24. The Morgan fingerprint density at radius 2 is 1.78 bits per heavy atom. The molecule has 0 saturated carbocycles. The van der Waals surface area contributed by atoms with E-state index in [1.54, 1.807) is 6.92 Å². The molecule has 0 aliphatic heterocycles. The Balaban J connectivity index is 2.17. The number of hydrogen-bond donors (Lipinski definition) is 2. The number of carbonyl (C=O) groups excluding carboxylic acids is 1. The highest BCUT2D eigenvalue weighted by Gasteiger charge is 2.09. The van der Waals surface area contributed by atoms with Gasteiger partial charge in [0, 0.05) is 13.1 Å². The average molecular weight is 311 g/mol. The summed E-state index contributed by atoms with van der Waals surface area (Å²) in [6, 6.07) is 16.2. The van der Waals surface area contributed by atoms with E-state index in [0.717, 1.165) is 23.2 Å². The Morgan fingerprint density at radius 3 is 2.39 bits per heavy atom. The molecule has 1 unspecified atom stereocenters. The first kappa shape index (κ1) is 17.2. The Labute approximate surface area is 138 Å². The summed E-state index contributed by atoms with van der Waals surface area (Å²) >= 11 is 0. The highest BCUT2D eigenvalue weighted by molar-refractivity contribution is 5.81. The van der Waals surface area contributed by atoms with E-state index in [4.69, 9.17) is 5.73 Å². The first-order valence-corrected chi connectivity index (χ1v) is 7.82. The maximum atomic E-state index is 11.7. The second-order valence-electron chi connectivity index (χ2n) is 6.10. The molecule has 2 aromatic rings. The van der Waals surface area contributed by atoms with Gasteiger partial charge in [0.1, 0.15) is 0 Å². The second kappa shape index (κ2) is 7.90. The standard InChI is InChI=1S/C19H25N3O/c1-14(20)19(23)21-12-17-6-4-5-7-18(17)16-10-8-15(9-11-16)13-22(2)3/h4-11,14H,12-13,20H2,1-3H3,(H,21,23). The zero-order valence-corrected chi connectivity index (χ0v) is 14.0. The van der Waals surface area contributed by atoms with Crippen LogP contribution in [0.3, 0.4) is 0 Å². The molecule has 4 heteroatoms. The normalized spacial score (nSPS) is 12.2. The topological polar surface area (TPSA) is 58.4 Å². The zero-order valence-electron chi connectivity index (χ0n) is 14.0. The number of hydrogen-bond acceptors (Lipinski definition) is 3. The van der Waals surface area contributed by atoms with Crippen LogP contribution in [0, 0.1) is 0 Å². The molecule has 1 atom stereocenters. The van der Waals surface area contributed by atoms with E-state index in [-0.39, 0.29) is 5.91 Å². The fraction of sp³-hybridized carbons (Fsp3) is 0.316. The lowest BCUT2D eigenvalue weighted by atomic mass is 9.98. The van der Waals surface area contributed by atoms with Crippen molar-refractivity contribution in [1.29, 1.82) is 0 Å². The predicted molar refractivity (Wildman–Crippen MR) is 94.8 cm³/mol. The van der Waals surface area contributed by atoms with Crippen molar-refractivity contribution in [1.82, 2.24) is 10.2 Å². The fourth-order valence-electron chi connectivity index (χ4n) is 2.45. The largest absolute Gasteiger partial charge is 0.351 e. The molecule has 0 radical (unpaired) electrons. The Hall–Kier alpha value is -2.17. The third-order valence-corrected chi connectivity index (χ3v) is 3.65. The number of nitrogens with two attached hydrogens (primary N) is 1.